The van der Waals surface area contributed by atoms with Gasteiger partial charge in [0, 0.05) is 90.2 Å². The van der Waals surface area contributed by atoms with E-state index in [1.165, 1.54) is 18.3 Å². The molecule has 11 N–H and O–H groups in total. The largest absolute Gasteiger partial charge is 0.480 e. The molecule has 1 fully saturated rings. The van der Waals surface area contributed by atoms with Crippen LogP contribution in [0.2, 0.25) is 0 Å². The quantitative estimate of drug-likeness (QED) is 0.0507. The van der Waals surface area contributed by atoms with Crippen LogP contribution in [-0.4, -0.2) is 206 Å². The number of carbonyl (C=O) groups is 7. The lowest BCUT2D eigenvalue weighted by molar-refractivity contribution is -0.140. The molecule has 342 valence electrons. The van der Waals surface area contributed by atoms with E-state index in [-0.39, 0.29) is 127 Å². The number of hydrogen-bond acceptors (Lipinski definition) is 18. The number of amides is 3. The molecule has 0 bridgehead atoms. The SMILES string of the molecule is CN(Cc1cnc2nc(N)nc(N)c2n1)c1ccc(C(=O)N[C@@H](CCC(=O)NCCNC(=O)CN2CCN(CC(=O)O)CCN(CC(=O)O)CCN(CC(=O)O)CC2)C(=O)O)cc1. The molecule has 0 spiro atoms. The lowest BCUT2D eigenvalue weighted by atomic mass is 10.1. The Balaban J connectivity index is 1.21. The van der Waals surface area contributed by atoms with Crippen molar-refractivity contribution < 1.29 is 54.0 Å². The molecule has 1 aliphatic rings. The third-order valence-corrected chi connectivity index (χ3v) is 9.88. The van der Waals surface area contributed by atoms with Gasteiger partial charge in [0.2, 0.25) is 17.8 Å². The van der Waals surface area contributed by atoms with Crippen LogP contribution in [0.4, 0.5) is 17.5 Å². The van der Waals surface area contributed by atoms with Gasteiger partial charge in [-0.2, -0.15) is 9.97 Å². The Morgan fingerprint density at radius 3 is 1.68 bits per heavy atom. The lowest BCUT2D eigenvalue weighted by Crippen LogP contribution is -2.50. The number of benzene rings is 1. The molecule has 1 atom stereocenters. The van der Waals surface area contributed by atoms with Gasteiger partial charge in [0.1, 0.15) is 6.04 Å². The Bertz CT molecular complexity index is 2060. The molecular formula is C38H54N14O11. The number of rotatable bonds is 20. The van der Waals surface area contributed by atoms with Gasteiger partial charge in [0.25, 0.3) is 5.91 Å². The summed E-state index contributed by atoms with van der Waals surface area (Å²) in [6.45, 7) is 1.34. The van der Waals surface area contributed by atoms with Crippen LogP contribution in [0.15, 0.2) is 30.5 Å². The van der Waals surface area contributed by atoms with Gasteiger partial charge in [-0.25, -0.2) is 14.8 Å². The maximum atomic E-state index is 13.0. The van der Waals surface area contributed by atoms with Crippen LogP contribution in [-0.2, 0) is 35.3 Å². The van der Waals surface area contributed by atoms with Crippen LogP contribution >= 0.6 is 0 Å². The van der Waals surface area contributed by atoms with E-state index in [0.29, 0.717) is 23.4 Å². The summed E-state index contributed by atoms with van der Waals surface area (Å²) in [4.78, 5) is 110. The topological polar surface area (TPSA) is 356 Å². The first-order valence-corrected chi connectivity index (χ1v) is 19.9. The smallest absolute Gasteiger partial charge is 0.326 e. The van der Waals surface area contributed by atoms with Crippen LogP contribution < -0.4 is 32.3 Å². The van der Waals surface area contributed by atoms with E-state index in [0.717, 1.165) is 0 Å². The fourth-order valence-electron chi connectivity index (χ4n) is 6.57. The van der Waals surface area contributed by atoms with Gasteiger partial charge in [0.05, 0.1) is 44.6 Å². The summed E-state index contributed by atoms with van der Waals surface area (Å²) in [5.74, 6) is -6.00. The minimum Gasteiger partial charge on any atom is -0.480 e. The number of aliphatic carboxylic acids is 4. The summed E-state index contributed by atoms with van der Waals surface area (Å²) < 4.78 is 0. The second-order valence-corrected chi connectivity index (χ2v) is 14.8. The number of nitrogens with two attached hydrogens (primary N) is 2. The van der Waals surface area contributed by atoms with E-state index < -0.39 is 47.6 Å². The van der Waals surface area contributed by atoms with Gasteiger partial charge in [-0.3, -0.25) is 48.4 Å². The van der Waals surface area contributed by atoms with Crippen molar-refractivity contribution in [1.82, 2.24) is 55.5 Å². The monoisotopic (exact) mass is 882 g/mol. The number of aromatic nitrogens is 4. The van der Waals surface area contributed by atoms with Crippen molar-refractivity contribution in [3.8, 4) is 0 Å². The van der Waals surface area contributed by atoms with Gasteiger partial charge in [0.15, 0.2) is 17.0 Å². The molecule has 0 saturated carbocycles. The molecule has 25 nitrogen and oxygen atoms in total. The maximum Gasteiger partial charge on any atom is 0.326 e. The molecule has 4 rings (SSSR count). The van der Waals surface area contributed by atoms with Crippen LogP contribution in [0.5, 0.6) is 0 Å². The number of anilines is 3. The third kappa shape index (κ3) is 16.9. The van der Waals surface area contributed by atoms with E-state index in [9.17, 15) is 54.0 Å². The first-order valence-electron chi connectivity index (χ1n) is 19.9. The number of carboxylic acid groups (broad SMARTS) is 4. The number of hydrogen-bond donors (Lipinski definition) is 9. The Morgan fingerprint density at radius 2 is 1.19 bits per heavy atom. The van der Waals surface area contributed by atoms with Crippen molar-refractivity contribution in [3.05, 3.63) is 41.7 Å². The molecule has 0 aliphatic carbocycles. The zero-order valence-electron chi connectivity index (χ0n) is 34.8. The van der Waals surface area contributed by atoms with Crippen molar-refractivity contribution in [3.63, 3.8) is 0 Å². The highest BCUT2D eigenvalue weighted by Gasteiger charge is 2.23. The first-order chi connectivity index (χ1) is 29.9. The summed E-state index contributed by atoms with van der Waals surface area (Å²) >= 11 is 0. The van der Waals surface area contributed by atoms with Crippen LogP contribution in [0.25, 0.3) is 11.2 Å². The zero-order chi connectivity index (χ0) is 46.1. The highest BCUT2D eigenvalue weighted by atomic mass is 16.4. The van der Waals surface area contributed by atoms with Crippen molar-refractivity contribution in [1.29, 1.82) is 0 Å². The highest BCUT2D eigenvalue weighted by molar-refractivity contribution is 5.97. The van der Waals surface area contributed by atoms with Crippen LogP contribution in [0.1, 0.15) is 28.9 Å². The predicted molar refractivity (Wildman–Crippen MR) is 225 cm³/mol. The van der Waals surface area contributed by atoms with E-state index in [2.05, 4.69) is 35.9 Å². The molecule has 0 unspecified atom stereocenters. The maximum absolute atomic E-state index is 13.0. The average Bonchev–Trinajstić information content (AvgIpc) is 3.21. The Kier molecular flexibility index (Phi) is 18.6. The summed E-state index contributed by atoms with van der Waals surface area (Å²) in [6.07, 6.45) is 1.09. The molecule has 3 heterocycles. The third-order valence-electron chi connectivity index (χ3n) is 9.88. The standard InChI is InChI=1S/C38H54N14O11/c1-48(19-25-18-43-35-33(44-25)34(39)46-38(40)47-35)26-4-2-24(3-5-26)36(61)45-27(37(62)63)6-7-28(53)41-8-9-42-29(54)20-49-10-12-50(21-30(55)56)14-16-52(23-32(59)60)17-15-51(13-11-49)22-31(57)58/h2-5,18,27H,6-17,19-23H2,1H3,(H,41,53)(H,42,54)(H,45,61)(H,55,56)(H,57,58)(H,59,60)(H,62,63)(H4,39,40,43,46,47)/t27-/m0/s1. The van der Waals surface area contributed by atoms with Crippen molar-refractivity contribution >= 4 is 70.2 Å². The predicted octanol–water partition coefficient (Wildman–Crippen LogP) is -3.11. The van der Waals surface area contributed by atoms with Gasteiger partial charge in [-0.15, -0.1) is 0 Å². The molecule has 0 radical (unpaired) electrons. The van der Waals surface area contributed by atoms with Crippen molar-refractivity contribution in [2.75, 3.05) is 115 Å². The summed E-state index contributed by atoms with van der Waals surface area (Å²) in [5.41, 5.74) is 13.6. The Hall–Kier alpha value is -6.83. The number of carboxylic acids is 4. The fourth-order valence-corrected chi connectivity index (χ4v) is 6.57. The van der Waals surface area contributed by atoms with Crippen molar-refractivity contribution in [2.24, 2.45) is 0 Å². The lowest BCUT2D eigenvalue weighted by Gasteiger charge is -2.32. The summed E-state index contributed by atoms with van der Waals surface area (Å²) in [7, 11) is 1.80. The van der Waals surface area contributed by atoms with E-state index in [1.54, 1.807) is 38.8 Å². The molecule has 1 aliphatic heterocycles. The first kappa shape index (κ1) is 48.8. The number of nitrogens with one attached hydrogen (secondary N) is 3. The molecule has 1 saturated heterocycles. The second kappa shape index (κ2) is 24.0. The zero-order valence-corrected chi connectivity index (χ0v) is 34.8. The minimum atomic E-state index is -1.37. The van der Waals surface area contributed by atoms with E-state index >= 15 is 0 Å². The second-order valence-electron chi connectivity index (χ2n) is 14.8. The summed E-state index contributed by atoms with van der Waals surface area (Å²) in [5, 5.41) is 45.7. The molecular weight excluding hydrogens is 829 g/mol. The molecule has 1 aromatic carbocycles. The highest BCUT2D eigenvalue weighted by Crippen LogP contribution is 2.19. The average molecular weight is 883 g/mol. The molecule has 2 aromatic heterocycles. The fraction of sp³-hybridized carbons (Fsp3) is 0.500. The number of fused-ring (bicyclic) bond motifs is 1. The Labute approximate surface area is 361 Å². The van der Waals surface area contributed by atoms with Crippen LogP contribution in [0.3, 0.4) is 0 Å². The van der Waals surface area contributed by atoms with E-state index in [4.69, 9.17) is 11.5 Å². The Morgan fingerprint density at radius 1 is 0.698 bits per heavy atom. The number of carbonyl (C=O) groups excluding carboxylic acids is 3. The van der Waals surface area contributed by atoms with Crippen molar-refractivity contribution in [2.45, 2.75) is 25.4 Å². The number of nitrogens with zero attached hydrogens (tertiary/aromatic N) is 9. The van der Waals surface area contributed by atoms with Gasteiger partial charge in [-0.05, 0) is 30.7 Å². The molecule has 3 aromatic rings. The normalized spacial score (nSPS) is 15.3. The van der Waals surface area contributed by atoms with Crippen LogP contribution in [0, 0.1) is 0 Å². The van der Waals surface area contributed by atoms with E-state index in [1.807, 2.05) is 4.90 Å². The minimum absolute atomic E-state index is 0.0144. The van der Waals surface area contributed by atoms with Gasteiger partial charge < -0.3 is 52.7 Å². The molecule has 63 heavy (non-hydrogen) atoms. The summed E-state index contributed by atoms with van der Waals surface area (Å²) in [6, 6.07) is 5.04. The van der Waals surface area contributed by atoms with Gasteiger partial charge in [-0.1, -0.05) is 0 Å². The molecule has 3 amide bonds. The van der Waals surface area contributed by atoms with Gasteiger partial charge >= 0.3 is 23.9 Å². The molecule has 25 heteroatoms. The number of nitrogen functional groups attached to an aromatic ring is 2.